The normalized spacial score (nSPS) is 16.7. The first kappa shape index (κ1) is 17.1. The van der Waals surface area contributed by atoms with E-state index in [0.29, 0.717) is 6.04 Å². The highest BCUT2D eigenvalue weighted by molar-refractivity contribution is 6.31. The van der Waals surface area contributed by atoms with Crippen LogP contribution in [0.5, 0.6) is 0 Å². The monoisotopic (exact) mass is 322 g/mol. The molecule has 1 aromatic carbocycles. The lowest BCUT2D eigenvalue weighted by molar-refractivity contribution is 0.246. The minimum absolute atomic E-state index is 0.498. The maximum atomic E-state index is 6.23. The summed E-state index contributed by atoms with van der Waals surface area (Å²) in [6.07, 6.45) is 2.67. The number of guanidine groups is 1. The summed E-state index contributed by atoms with van der Waals surface area (Å²) >= 11 is 6.23. The molecule has 4 nitrogen and oxygen atoms in total. The van der Waals surface area contributed by atoms with E-state index in [2.05, 4.69) is 40.1 Å². The summed E-state index contributed by atoms with van der Waals surface area (Å²) in [4.78, 5) is 8.93. The zero-order valence-electron chi connectivity index (χ0n) is 14.0. The van der Waals surface area contributed by atoms with Crippen molar-refractivity contribution < 1.29 is 0 Å². The molecule has 1 unspecified atom stereocenters. The number of rotatable bonds is 6. The number of halogens is 1. The average molecular weight is 323 g/mol. The lowest BCUT2D eigenvalue weighted by atomic mass is 10.2. The van der Waals surface area contributed by atoms with Gasteiger partial charge in [0.25, 0.3) is 0 Å². The first-order valence-corrected chi connectivity index (χ1v) is 8.27. The second kappa shape index (κ2) is 7.84. The van der Waals surface area contributed by atoms with Crippen molar-refractivity contribution in [2.45, 2.75) is 38.4 Å². The fourth-order valence-electron chi connectivity index (χ4n) is 2.57. The molecule has 0 amide bonds. The van der Waals surface area contributed by atoms with Crippen LogP contribution < -0.4 is 5.32 Å². The van der Waals surface area contributed by atoms with Crippen LogP contribution in [0.4, 0.5) is 0 Å². The molecule has 0 aromatic heterocycles. The van der Waals surface area contributed by atoms with Gasteiger partial charge in [-0.25, -0.2) is 0 Å². The van der Waals surface area contributed by atoms with Gasteiger partial charge < -0.3 is 10.2 Å². The second-order valence-electron chi connectivity index (χ2n) is 6.12. The van der Waals surface area contributed by atoms with Crippen molar-refractivity contribution in [1.82, 2.24) is 15.1 Å². The van der Waals surface area contributed by atoms with Crippen molar-refractivity contribution in [2.24, 2.45) is 4.99 Å². The van der Waals surface area contributed by atoms with Crippen molar-refractivity contribution in [1.29, 1.82) is 0 Å². The summed E-state index contributed by atoms with van der Waals surface area (Å²) in [6.45, 7) is 3.89. The maximum Gasteiger partial charge on any atom is 0.193 e. The van der Waals surface area contributed by atoms with Gasteiger partial charge in [0.05, 0.1) is 0 Å². The smallest absolute Gasteiger partial charge is 0.193 e. The Hall–Kier alpha value is -1.26. The van der Waals surface area contributed by atoms with Gasteiger partial charge in [0.2, 0.25) is 0 Å². The summed E-state index contributed by atoms with van der Waals surface area (Å²) in [6, 6.07) is 9.22. The van der Waals surface area contributed by atoms with Crippen molar-refractivity contribution in [3.8, 4) is 0 Å². The molecule has 1 aromatic rings. The van der Waals surface area contributed by atoms with Gasteiger partial charge in [0, 0.05) is 44.3 Å². The molecule has 0 saturated heterocycles. The number of hydrogen-bond acceptors (Lipinski definition) is 2. The zero-order valence-corrected chi connectivity index (χ0v) is 14.8. The Bertz CT molecular complexity index is 513. The van der Waals surface area contributed by atoms with E-state index in [1.54, 1.807) is 0 Å². The van der Waals surface area contributed by atoms with E-state index in [1.165, 1.54) is 12.8 Å². The average Bonchev–Trinajstić information content (AvgIpc) is 3.34. The van der Waals surface area contributed by atoms with E-state index in [1.807, 2.05) is 32.3 Å². The fourth-order valence-corrected chi connectivity index (χ4v) is 2.76. The quantitative estimate of drug-likeness (QED) is 0.645. The molecule has 22 heavy (non-hydrogen) atoms. The topological polar surface area (TPSA) is 30.9 Å². The van der Waals surface area contributed by atoms with E-state index in [9.17, 15) is 0 Å². The molecule has 0 bridgehead atoms. The number of nitrogens with one attached hydrogen (secondary N) is 1. The van der Waals surface area contributed by atoms with E-state index in [-0.39, 0.29) is 0 Å². The highest BCUT2D eigenvalue weighted by Gasteiger charge is 2.29. The van der Waals surface area contributed by atoms with E-state index in [0.717, 1.165) is 35.7 Å². The molecule has 5 heteroatoms. The number of aliphatic imine (C=N–C) groups is 1. The molecule has 0 spiro atoms. The minimum atomic E-state index is 0.498. The molecule has 1 fully saturated rings. The second-order valence-corrected chi connectivity index (χ2v) is 6.53. The van der Waals surface area contributed by atoms with Gasteiger partial charge in [-0.3, -0.25) is 9.89 Å². The highest BCUT2D eigenvalue weighted by atomic mass is 35.5. The third kappa shape index (κ3) is 4.62. The van der Waals surface area contributed by atoms with Crippen LogP contribution >= 0.6 is 11.6 Å². The Morgan fingerprint density at radius 2 is 2.05 bits per heavy atom. The zero-order chi connectivity index (χ0) is 16.1. The number of nitrogens with zero attached hydrogens (tertiary/aromatic N) is 3. The van der Waals surface area contributed by atoms with E-state index < -0.39 is 0 Å². The van der Waals surface area contributed by atoms with Gasteiger partial charge in [-0.1, -0.05) is 29.8 Å². The van der Waals surface area contributed by atoms with Crippen LogP contribution in [0.15, 0.2) is 29.3 Å². The number of benzene rings is 1. The highest BCUT2D eigenvalue weighted by Crippen LogP contribution is 2.26. The van der Waals surface area contributed by atoms with Crippen LogP contribution in [0, 0.1) is 0 Å². The molecule has 1 saturated carbocycles. The Morgan fingerprint density at radius 3 is 2.64 bits per heavy atom. The Labute approximate surface area is 139 Å². The third-order valence-corrected chi connectivity index (χ3v) is 4.68. The van der Waals surface area contributed by atoms with E-state index in [4.69, 9.17) is 11.6 Å². The van der Waals surface area contributed by atoms with Crippen LogP contribution in [0.25, 0.3) is 0 Å². The molecule has 122 valence electrons. The van der Waals surface area contributed by atoms with Crippen LogP contribution in [0.3, 0.4) is 0 Å². The predicted octanol–water partition coefficient (Wildman–Crippen LogP) is 2.83. The first-order valence-electron chi connectivity index (χ1n) is 7.90. The third-order valence-electron chi connectivity index (χ3n) is 4.31. The maximum absolute atomic E-state index is 6.23. The molecule has 1 N–H and O–H groups in total. The number of hydrogen-bond donors (Lipinski definition) is 1. The summed E-state index contributed by atoms with van der Waals surface area (Å²) in [5.74, 6) is 0.899. The van der Waals surface area contributed by atoms with Crippen molar-refractivity contribution in [3.63, 3.8) is 0 Å². The first-order chi connectivity index (χ1) is 10.5. The summed E-state index contributed by atoms with van der Waals surface area (Å²) in [5.41, 5.74) is 1.11. The molecule has 0 aliphatic heterocycles. The fraction of sp³-hybridized carbons (Fsp3) is 0.588. The van der Waals surface area contributed by atoms with Gasteiger partial charge in [-0.15, -0.1) is 0 Å². The van der Waals surface area contributed by atoms with Gasteiger partial charge in [-0.05, 0) is 38.4 Å². The van der Waals surface area contributed by atoms with Gasteiger partial charge in [-0.2, -0.15) is 0 Å². The lowest BCUT2D eigenvalue weighted by Crippen LogP contribution is -2.45. The van der Waals surface area contributed by atoms with Crippen molar-refractivity contribution in [2.75, 3.05) is 27.7 Å². The van der Waals surface area contributed by atoms with Gasteiger partial charge in [0.1, 0.15) is 0 Å². The molecule has 0 heterocycles. The number of likely N-dealkylation sites (N-methyl/N-ethyl adjacent to an activating group) is 1. The Kier molecular flexibility index (Phi) is 6.09. The van der Waals surface area contributed by atoms with E-state index >= 15 is 0 Å². The molecule has 2 rings (SSSR count). The van der Waals surface area contributed by atoms with Crippen LogP contribution in [-0.4, -0.2) is 55.5 Å². The van der Waals surface area contributed by atoms with Crippen LogP contribution in [0.1, 0.15) is 25.3 Å². The van der Waals surface area contributed by atoms with Crippen LogP contribution in [0.2, 0.25) is 5.02 Å². The largest absolute Gasteiger partial charge is 0.355 e. The van der Waals surface area contributed by atoms with Gasteiger partial charge >= 0.3 is 0 Å². The summed E-state index contributed by atoms with van der Waals surface area (Å²) < 4.78 is 0. The summed E-state index contributed by atoms with van der Waals surface area (Å²) in [5, 5.41) is 4.26. The molecule has 1 aliphatic carbocycles. The molecule has 0 radical (unpaired) electrons. The lowest BCUT2D eigenvalue weighted by Gasteiger charge is -2.28. The van der Waals surface area contributed by atoms with Crippen molar-refractivity contribution in [3.05, 3.63) is 34.9 Å². The molecule has 1 atom stereocenters. The van der Waals surface area contributed by atoms with Gasteiger partial charge in [0.15, 0.2) is 5.96 Å². The standard InChI is InChI=1S/C17H27ClN4/c1-13(22(4)15-9-10-15)11-20-17(19-2)21(3)12-14-7-5-6-8-16(14)18/h5-8,13,15H,9-12H2,1-4H3,(H,19,20). The predicted molar refractivity (Wildman–Crippen MR) is 94.5 cm³/mol. The summed E-state index contributed by atoms with van der Waals surface area (Å²) in [7, 11) is 6.06. The molecular formula is C17H27ClN4. The van der Waals surface area contributed by atoms with Crippen LogP contribution in [-0.2, 0) is 6.54 Å². The Balaban J connectivity index is 1.86. The molecular weight excluding hydrogens is 296 g/mol. The SMILES string of the molecule is CN=C(NCC(C)N(C)C1CC1)N(C)Cc1ccccc1Cl. The Morgan fingerprint density at radius 1 is 1.36 bits per heavy atom. The molecule has 1 aliphatic rings. The minimum Gasteiger partial charge on any atom is -0.355 e. The van der Waals surface area contributed by atoms with Crippen molar-refractivity contribution >= 4 is 17.6 Å².